The molecule has 0 aromatic carbocycles. The molecule has 0 bridgehead atoms. The minimum absolute atomic E-state index is 0.0247. The molecular weight excluding hydrogens is 232 g/mol. The number of nitrogens with zero attached hydrogens (tertiary/aromatic N) is 1. The Morgan fingerprint density at radius 2 is 2.06 bits per heavy atom. The number of carbonyl (C=O) groups excluding carboxylic acids is 1. The summed E-state index contributed by atoms with van der Waals surface area (Å²) in [6, 6.07) is -0.199. The molecule has 1 amide bonds. The number of piperidine rings is 1. The molecule has 1 unspecified atom stereocenters. The van der Waals surface area contributed by atoms with Crippen LogP contribution in [0.5, 0.6) is 0 Å². The normalized spacial score (nSPS) is 22.7. The second kappa shape index (κ2) is 5.69. The zero-order valence-electron chi connectivity index (χ0n) is 11.5. The molecular formula is C13H24N2O3. The highest BCUT2D eigenvalue weighted by molar-refractivity contribution is 5.78. The molecule has 1 aliphatic heterocycles. The summed E-state index contributed by atoms with van der Waals surface area (Å²) in [5.41, 5.74) is 5.88. The molecule has 18 heavy (non-hydrogen) atoms. The Kier molecular flexibility index (Phi) is 4.73. The van der Waals surface area contributed by atoms with E-state index in [1.165, 1.54) is 0 Å². The van der Waals surface area contributed by atoms with Crippen LogP contribution in [0.2, 0.25) is 0 Å². The summed E-state index contributed by atoms with van der Waals surface area (Å²) in [7, 11) is 0. The standard InChI is InChI=1S/C13H24N2O3/c1-13(2,3)10(14)7-11(16)15-6-4-5-9(8-15)12(17)18/h9-10H,4-8,14H2,1-3H3,(H,17,18)/t9-,10?/m1/s1. The highest BCUT2D eigenvalue weighted by Gasteiger charge is 2.30. The average molecular weight is 256 g/mol. The van der Waals surface area contributed by atoms with Gasteiger partial charge in [-0.2, -0.15) is 0 Å². The van der Waals surface area contributed by atoms with Crippen molar-refractivity contribution in [2.75, 3.05) is 13.1 Å². The summed E-state index contributed by atoms with van der Waals surface area (Å²) in [5, 5.41) is 8.99. The van der Waals surface area contributed by atoms with Crippen molar-refractivity contribution in [2.24, 2.45) is 17.1 Å². The van der Waals surface area contributed by atoms with E-state index >= 15 is 0 Å². The van der Waals surface area contributed by atoms with E-state index in [0.29, 0.717) is 19.5 Å². The molecule has 0 radical (unpaired) electrons. The fraction of sp³-hybridized carbons (Fsp3) is 0.846. The van der Waals surface area contributed by atoms with Gasteiger partial charge in [-0.25, -0.2) is 0 Å². The second-order valence-electron chi connectivity index (χ2n) is 6.19. The van der Waals surface area contributed by atoms with Crippen LogP contribution in [0, 0.1) is 11.3 Å². The zero-order valence-corrected chi connectivity index (χ0v) is 11.5. The molecule has 5 heteroatoms. The van der Waals surface area contributed by atoms with E-state index in [0.717, 1.165) is 6.42 Å². The van der Waals surface area contributed by atoms with Gasteiger partial charge in [0, 0.05) is 25.6 Å². The lowest BCUT2D eigenvalue weighted by atomic mass is 9.85. The van der Waals surface area contributed by atoms with Crippen LogP contribution in [0.3, 0.4) is 0 Å². The number of carbonyl (C=O) groups is 2. The molecule has 0 aliphatic carbocycles. The maximum atomic E-state index is 12.1. The summed E-state index contributed by atoms with van der Waals surface area (Å²) in [6.45, 7) is 6.98. The molecule has 0 aromatic heterocycles. The van der Waals surface area contributed by atoms with Crippen LogP contribution in [0.25, 0.3) is 0 Å². The smallest absolute Gasteiger partial charge is 0.308 e. The number of carboxylic acids is 1. The fourth-order valence-electron chi connectivity index (χ4n) is 2.03. The molecule has 1 aliphatic rings. The van der Waals surface area contributed by atoms with Gasteiger partial charge < -0.3 is 15.7 Å². The predicted molar refractivity (Wildman–Crippen MR) is 69.0 cm³/mol. The molecule has 5 nitrogen and oxygen atoms in total. The second-order valence-corrected chi connectivity index (χ2v) is 6.19. The van der Waals surface area contributed by atoms with E-state index in [2.05, 4.69) is 0 Å². The molecule has 0 aromatic rings. The van der Waals surface area contributed by atoms with E-state index in [-0.39, 0.29) is 23.8 Å². The lowest BCUT2D eigenvalue weighted by molar-refractivity contribution is -0.145. The zero-order chi connectivity index (χ0) is 13.9. The molecule has 1 saturated heterocycles. The lowest BCUT2D eigenvalue weighted by Gasteiger charge is -2.33. The van der Waals surface area contributed by atoms with Gasteiger partial charge in [0.15, 0.2) is 0 Å². The number of carboxylic acid groups (broad SMARTS) is 1. The van der Waals surface area contributed by atoms with Crippen LogP contribution in [-0.2, 0) is 9.59 Å². The van der Waals surface area contributed by atoms with Gasteiger partial charge in [-0.3, -0.25) is 9.59 Å². The van der Waals surface area contributed by atoms with E-state index < -0.39 is 11.9 Å². The van der Waals surface area contributed by atoms with Crippen molar-refractivity contribution in [3.05, 3.63) is 0 Å². The summed E-state index contributed by atoms with van der Waals surface area (Å²) < 4.78 is 0. The van der Waals surface area contributed by atoms with Crippen LogP contribution >= 0.6 is 0 Å². The van der Waals surface area contributed by atoms with E-state index in [1.54, 1.807) is 4.90 Å². The monoisotopic (exact) mass is 256 g/mol. The third-order valence-corrected chi connectivity index (χ3v) is 3.63. The van der Waals surface area contributed by atoms with Gasteiger partial charge >= 0.3 is 5.97 Å². The predicted octanol–water partition coefficient (Wildman–Crippen LogP) is 1.07. The number of rotatable bonds is 3. The fourth-order valence-corrected chi connectivity index (χ4v) is 2.03. The highest BCUT2D eigenvalue weighted by atomic mass is 16.4. The number of likely N-dealkylation sites (tertiary alicyclic amines) is 1. The third kappa shape index (κ3) is 3.98. The summed E-state index contributed by atoms with van der Waals surface area (Å²) in [6.07, 6.45) is 1.70. The van der Waals surface area contributed by atoms with Crippen molar-refractivity contribution in [1.29, 1.82) is 0 Å². The van der Waals surface area contributed by atoms with Crippen molar-refractivity contribution in [1.82, 2.24) is 4.90 Å². The summed E-state index contributed by atoms with van der Waals surface area (Å²) >= 11 is 0. The first kappa shape index (κ1) is 15.0. The van der Waals surface area contributed by atoms with Crippen LogP contribution in [0.4, 0.5) is 0 Å². The van der Waals surface area contributed by atoms with E-state index in [4.69, 9.17) is 10.8 Å². The largest absolute Gasteiger partial charge is 0.481 e. The lowest BCUT2D eigenvalue weighted by Crippen LogP contribution is -2.46. The van der Waals surface area contributed by atoms with Gasteiger partial charge in [-0.15, -0.1) is 0 Å². The van der Waals surface area contributed by atoms with Gasteiger partial charge in [0.1, 0.15) is 0 Å². The van der Waals surface area contributed by atoms with Crippen molar-refractivity contribution in [2.45, 2.75) is 46.1 Å². The maximum absolute atomic E-state index is 12.1. The van der Waals surface area contributed by atoms with Gasteiger partial charge in [0.25, 0.3) is 0 Å². The van der Waals surface area contributed by atoms with Gasteiger partial charge in [-0.05, 0) is 18.3 Å². The minimum Gasteiger partial charge on any atom is -0.481 e. The Balaban J connectivity index is 2.54. The summed E-state index contributed by atoms with van der Waals surface area (Å²) in [5.74, 6) is -1.26. The van der Waals surface area contributed by atoms with Gasteiger partial charge in [0.2, 0.25) is 5.91 Å². The van der Waals surface area contributed by atoms with Crippen molar-refractivity contribution in [3.63, 3.8) is 0 Å². The first-order valence-electron chi connectivity index (χ1n) is 6.48. The summed E-state index contributed by atoms with van der Waals surface area (Å²) in [4.78, 5) is 24.7. The Morgan fingerprint density at radius 3 is 2.56 bits per heavy atom. The SMILES string of the molecule is CC(C)(C)C(N)CC(=O)N1CCC[C@@H](C(=O)O)C1. The van der Waals surface area contributed by atoms with Crippen LogP contribution in [-0.4, -0.2) is 41.0 Å². The Hall–Kier alpha value is -1.10. The quantitative estimate of drug-likeness (QED) is 0.791. The number of hydrogen-bond acceptors (Lipinski definition) is 3. The first-order valence-corrected chi connectivity index (χ1v) is 6.48. The number of nitrogens with two attached hydrogens (primary N) is 1. The third-order valence-electron chi connectivity index (χ3n) is 3.63. The van der Waals surface area contributed by atoms with Crippen molar-refractivity contribution in [3.8, 4) is 0 Å². The molecule has 0 spiro atoms. The Labute approximate surface area is 108 Å². The molecule has 1 fully saturated rings. The maximum Gasteiger partial charge on any atom is 0.308 e. The Bertz CT molecular complexity index is 323. The van der Waals surface area contributed by atoms with Crippen LogP contribution in [0.15, 0.2) is 0 Å². The topological polar surface area (TPSA) is 83.6 Å². The Morgan fingerprint density at radius 1 is 1.44 bits per heavy atom. The van der Waals surface area contributed by atoms with Crippen LogP contribution < -0.4 is 5.73 Å². The first-order chi connectivity index (χ1) is 8.21. The van der Waals surface area contributed by atoms with Crippen molar-refractivity contribution < 1.29 is 14.7 Å². The number of hydrogen-bond donors (Lipinski definition) is 2. The molecule has 104 valence electrons. The number of aliphatic carboxylic acids is 1. The molecule has 3 N–H and O–H groups in total. The van der Waals surface area contributed by atoms with Gasteiger partial charge in [-0.1, -0.05) is 20.8 Å². The average Bonchev–Trinajstić information content (AvgIpc) is 2.27. The highest BCUT2D eigenvalue weighted by Crippen LogP contribution is 2.22. The van der Waals surface area contributed by atoms with E-state index in [1.807, 2.05) is 20.8 Å². The van der Waals surface area contributed by atoms with Gasteiger partial charge in [0.05, 0.1) is 5.92 Å². The van der Waals surface area contributed by atoms with E-state index in [9.17, 15) is 9.59 Å². The van der Waals surface area contributed by atoms with Crippen molar-refractivity contribution >= 4 is 11.9 Å². The number of amides is 1. The molecule has 1 heterocycles. The minimum atomic E-state index is -0.812. The molecule has 0 saturated carbocycles. The van der Waals surface area contributed by atoms with Crippen LogP contribution in [0.1, 0.15) is 40.0 Å². The molecule has 2 atom stereocenters. The molecule has 1 rings (SSSR count).